The molecular formula is C12H10Cl2O3S. The predicted octanol–water partition coefficient (Wildman–Crippen LogP) is 3.75. The molecule has 0 aliphatic carbocycles. The van der Waals surface area contributed by atoms with Crippen LogP contribution in [0.1, 0.15) is 17.3 Å². The number of ketones is 1. The Balaban J connectivity index is 0.000000280. The molecule has 2 aromatic rings. The Morgan fingerprint density at radius 3 is 2.06 bits per heavy atom. The Labute approximate surface area is 114 Å². The van der Waals surface area contributed by atoms with Crippen molar-refractivity contribution in [2.24, 2.45) is 0 Å². The molecule has 0 atom stereocenters. The summed E-state index contributed by atoms with van der Waals surface area (Å²) in [6, 6.07) is 13.7. The van der Waals surface area contributed by atoms with Gasteiger partial charge < -0.3 is 0 Å². The van der Waals surface area contributed by atoms with Gasteiger partial charge in [0.25, 0.3) is 0 Å². The maximum atomic E-state index is 11.3. The summed E-state index contributed by atoms with van der Waals surface area (Å²) < 4.78 is 18.3. The van der Waals surface area contributed by atoms with Gasteiger partial charge in [0.2, 0.25) is 0 Å². The van der Waals surface area contributed by atoms with Crippen LogP contribution in [0, 0.1) is 0 Å². The molecule has 0 saturated carbocycles. The maximum absolute atomic E-state index is 11.3. The van der Waals surface area contributed by atoms with E-state index in [1.54, 1.807) is 6.92 Å². The fourth-order valence-corrected chi connectivity index (χ4v) is 1.53. The van der Waals surface area contributed by atoms with E-state index in [9.17, 15) is 4.79 Å². The zero-order valence-corrected chi connectivity index (χ0v) is 11.8. The molecule has 0 fully saturated rings. The summed E-state index contributed by atoms with van der Waals surface area (Å²) in [5.41, 5.74) is 0.804. The zero-order valence-electron chi connectivity index (χ0n) is 9.43. The average molecular weight is 305 g/mol. The number of carbonyl (C=O) groups is 1. The van der Waals surface area contributed by atoms with Crippen molar-refractivity contribution in [3.05, 3.63) is 48.0 Å². The normalized spacial score (nSPS) is 10.6. The number of carbonyl (C=O) groups excluding carboxylic acids is 1. The molecule has 0 unspecified atom stereocenters. The number of halogens is 2. The molecule has 18 heavy (non-hydrogen) atoms. The molecule has 0 aliphatic heterocycles. The van der Waals surface area contributed by atoms with Crippen LogP contribution in [-0.4, -0.2) is 14.2 Å². The largest absolute Gasteiger partial charge is 0.317 e. The van der Waals surface area contributed by atoms with Crippen LogP contribution in [0.5, 0.6) is 0 Å². The van der Waals surface area contributed by atoms with Crippen molar-refractivity contribution >= 4 is 46.2 Å². The third kappa shape index (κ3) is 5.04. The molecule has 96 valence electrons. The second-order valence-corrected chi connectivity index (χ2v) is 7.13. The second-order valence-electron chi connectivity index (χ2n) is 3.46. The van der Waals surface area contributed by atoms with E-state index < -0.39 is 8.26 Å². The number of rotatable bonds is 1. The molecule has 3 nitrogen and oxygen atoms in total. The quantitative estimate of drug-likeness (QED) is 0.595. The lowest BCUT2D eigenvalue weighted by molar-refractivity contribution is 0.101. The van der Waals surface area contributed by atoms with Crippen molar-refractivity contribution in [3.8, 4) is 0 Å². The minimum absolute atomic E-state index is 0.122. The van der Waals surface area contributed by atoms with E-state index in [2.05, 4.69) is 21.4 Å². The van der Waals surface area contributed by atoms with Gasteiger partial charge in [0.15, 0.2) is 5.78 Å². The summed E-state index contributed by atoms with van der Waals surface area (Å²) in [6.45, 7) is 1.60. The van der Waals surface area contributed by atoms with E-state index in [4.69, 9.17) is 8.42 Å². The summed E-state index contributed by atoms with van der Waals surface area (Å²) in [5.74, 6) is 0.122. The van der Waals surface area contributed by atoms with Crippen molar-refractivity contribution in [2.75, 3.05) is 0 Å². The van der Waals surface area contributed by atoms with Gasteiger partial charge in [-0.25, -0.2) is 0 Å². The molecular weight excluding hydrogens is 295 g/mol. The average Bonchev–Trinajstić information content (AvgIpc) is 2.26. The first-order chi connectivity index (χ1) is 8.29. The van der Waals surface area contributed by atoms with Crippen LogP contribution < -0.4 is 0 Å². The predicted molar refractivity (Wildman–Crippen MR) is 74.6 cm³/mol. The first kappa shape index (κ1) is 15.0. The standard InChI is InChI=1S/C12H10O.Cl2O2S/c1-9(13)11-8-4-6-10-5-2-3-7-12(10)11;1-5(2,3)4/h2-8H,1H3;. The highest BCUT2D eigenvalue weighted by atomic mass is 36.0. The van der Waals surface area contributed by atoms with Crippen LogP contribution >= 0.6 is 21.4 Å². The van der Waals surface area contributed by atoms with E-state index in [0.29, 0.717) is 0 Å². The molecule has 6 heteroatoms. The van der Waals surface area contributed by atoms with Gasteiger partial charge in [-0.3, -0.25) is 4.79 Å². The lowest BCUT2D eigenvalue weighted by Gasteiger charge is -2.01. The van der Waals surface area contributed by atoms with Crippen molar-refractivity contribution in [2.45, 2.75) is 6.92 Å². The Morgan fingerprint density at radius 2 is 1.50 bits per heavy atom. The molecule has 0 aliphatic rings. The number of hydrogen-bond donors (Lipinski definition) is 0. The topological polar surface area (TPSA) is 51.2 Å². The molecule has 0 aromatic heterocycles. The second kappa shape index (κ2) is 6.18. The highest BCUT2D eigenvalue weighted by Gasteiger charge is 2.02. The van der Waals surface area contributed by atoms with Crippen molar-refractivity contribution < 1.29 is 13.2 Å². The minimum atomic E-state index is -3.72. The number of hydrogen-bond acceptors (Lipinski definition) is 3. The van der Waals surface area contributed by atoms with Crippen molar-refractivity contribution in [1.29, 1.82) is 0 Å². The highest BCUT2D eigenvalue weighted by Crippen LogP contribution is 2.18. The van der Waals surface area contributed by atoms with Crippen molar-refractivity contribution in [3.63, 3.8) is 0 Å². The van der Waals surface area contributed by atoms with Crippen LogP contribution in [0.25, 0.3) is 10.8 Å². The summed E-state index contributed by atoms with van der Waals surface area (Å²) in [6.07, 6.45) is 0. The molecule has 0 saturated heterocycles. The van der Waals surface area contributed by atoms with Gasteiger partial charge >= 0.3 is 8.26 Å². The lowest BCUT2D eigenvalue weighted by Crippen LogP contribution is -1.92. The van der Waals surface area contributed by atoms with Crippen LogP contribution in [0.15, 0.2) is 42.5 Å². The molecule has 0 radical (unpaired) electrons. The smallest absolute Gasteiger partial charge is 0.294 e. The molecule has 0 bridgehead atoms. The minimum Gasteiger partial charge on any atom is -0.294 e. The summed E-state index contributed by atoms with van der Waals surface area (Å²) in [4.78, 5) is 11.3. The van der Waals surface area contributed by atoms with Crippen LogP contribution in [0.2, 0.25) is 0 Å². The SMILES string of the molecule is CC(=O)c1cccc2ccccc12.O=S(=O)(Cl)Cl. The fraction of sp³-hybridized carbons (Fsp3) is 0.0833. The van der Waals surface area contributed by atoms with Gasteiger partial charge in [0.05, 0.1) is 0 Å². The summed E-state index contributed by atoms with van der Waals surface area (Å²) >= 11 is 0. The summed E-state index contributed by atoms with van der Waals surface area (Å²) in [5, 5.41) is 2.16. The maximum Gasteiger partial charge on any atom is 0.317 e. The van der Waals surface area contributed by atoms with E-state index >= 15 is 0 Å². The summed E-state index contributed by atoms with van der Waals surface area (Å²) in [7, 11) is 4.81. The molecule has 2 rings (SSSR count). The number of benzene rings is 2. The molecule has 2 aromatic carbocycles. The Bertz CT molecular complexity index is 653. The third-order valence-electron chi connectivity index (χ3n) is 2.17. The Kier molecular flexibility index (Phi) is 5.14. The third-order valence-corrected chi connectivity index (χ3v) is 2.17. The number of fused-ring (bicyclic) bond motifs is 1. The van der Waals surface area contributed by atoms with E-state index in [1.165, 1.54) is 0 Å². The van der Waals surface area contributed by atoms with Gasteiger partial charge in [-0.2, -0.15) is 8.42 Å². The van der Waals surface area contributed by atoms with E-state index in [0.717, 1.165) is 16.3 Å². The van der Waals surface area contributed by atoms with Crippen molar-refractivity contribution in [1.82, 2.24) is 0 Å². The molecule has 0 N–H and O–H groups in total. The van der Waals surface area contributed by atoms with Gasteiger partial charge in [-0.05, 0) is 17.7 Å². The van der Waals surface area contributed by atoms with E-state index in [-0.39, 0.29) is 5.78 Å². The van der Waals surface area contributed by atoms with Crippen LogP contribution in [0.4, 0.5) is 0 Å². The van der Waals surface area contributed by atoms with Gasteiger partial charge in [-0.15, -0.1) is 0 Å². The Hall–Kier alpha value is -1.10. The van der Waals surface area contributed by atoms with Gasteiger partial charge in [0.1, 0.15) is 0 Å². The van der Waals surface area contributed by atoms with Crippen LogP contribution in [0.3, 0.4) is 0 Å². The number of Topliss-reactive ketones (excluding diaryl/α,β-unsaturated/α-hetero) is 1. The molecule has 0 heterocycles. The zero-order chi connectivity index (χ0) is 13.8. The lowest BCUT2D eigenvalue weighted by atomic mass is 10.0. The van der Waals surface area contributed by atoms with E-state index in [1.807, 2.05) is 42.5 Å². The van der Waals surface area contributed by atoms with Crippen LogP contribution in [-0.2, 0) is 8.26 Å². The van der Waals surface area contributed by atoms with Gasteiger partial charge in [0, 0.05) is 26.9 Å². The first-order valence-electron chi connectivity index (χ1n) is 4.92. The fourth-order valence-electron chi connectivity index (χ4n) is 1.53. The van der Waals surface area contributed by atoms with Gasteiger partial charge in [-0.1, -0.05) is 42.5 Å². The highest BCUT2D eigenvalue weighted by molar-refractivity contribution is 8.31. The molecule has 0 amide bonds. The first-order valence-corrected chi connectivity index (χ1v) is 8.05. The Morgan fingerprint density at radius 1 is 1.00 bits per heavy atom. The molecule has 0 spiro atoms. The monoisotopic (exact) mass is 304 g/mol.